The summed E-state index contributed by atoms with van der Waals surface area (Å²) in [6.07, 6.45) is 2.73. The van der Waals surface area contributed by atoms with E-state index in [2.05, 4.69) is 29.1 Å². The standard InChI is InChI=1S/C17H22N2O2/c1-4-16(20)18-10-11-5-7-15-17(11)13-9-12(21-3)6-8-14(13)19(15)2/h6,8-9,11H,4-5,7,10H2,1-3H3,(H,18,20)/t11-/m1/s1. The second-order valence-corrected chi connectivity index (χ2v) is 5.70. The van der Waals surface area contributed by atoms with E-state index in [1.165, 1.54) is 22.2 Å². The monoisotopic (exact) mass is 286 g/mol. The molecule has 1 atom stereocenters. The zero-order chi connectivity index (χ0) is 15.0. The number of nitrogens with one attached hydrogen (secondary N) is 1. The number of fused-ring (bicyclic) bond motifs is 3. The van der Waals surface area contributed by atoms with Crippen LogP contribution in [0.1, 0.15) is 36.9 Å². The number of methoxy groups -OCH3 is 1. The number of aryl methyl sites for hydroxylation is 1. The number of carbonyl (C=O) groups is 1. The summed E-state index contributed by atoms with van der Waals surface area (Å²) in [5, 5.41) is 4.30. The smallest absolute Gasteiger partial charge is 0.219 e. The molecule has 2 aromatic rings. The number of aromatic nitrogens is 1. The molecule has 1 aromatic carbocycles. The molecule has 4 nitrogen and oxygen atoms in total. The van der Waals surface area contributed by atoms with Crippen LogP contribution in [-0.4, -0.2) is 24.1 Å². The van der Waals surface area contributed by atoms with E-state index in [1.807, 2.05) is 13.0 Å². The van der Waals surface area contributed by atoms with Gasteiger partial charge in [0.05, 0.1) is 7.11 Å². The molecule has 0 saturated carbocycles. The number of amides is 1. The molecular weight excluding hydrogens is 264 g/mol. The van der Waals surface area contributed by atoms with Crippen molar-refractivity contribution in [3.8, 4) is 5.75 Å². The number of hydrogen-bond donors (Lipinski definition) is 1. The third kappa shape index (κ3) is 2.28. The van der Waals surface area contributed by atoms with E-state index in [4.69, 9.17) is 4.74 Å². The van der Waals surface area contributed by atoms with Crippen LogP contribution in [0.4, 0.5) is 0 Å². The maximum Gasteiger partial charge on any atom is 0.219 e. The van der Waals surface area contributed by atoms with Crippen LogP contribution in [0.5, 0.6) is 5.75 Å². The van der Waals surface area contributed by atoms with Crippen molar-refractivity contribution in [3.05, 3.63) is 29.5 Å². The molecule has 1 N–H and O–H groups in total. The molecule has 0 bridgehead atoms. The fourth-order valence-corrected chi connectivity index (χ4v) is 3.41. The van der Waals surface area contributed by atoms with Crippen molar-refractivity contribution in [2.45, 2.75) is 32.1 Å². The van der Waals surface area contributed by atoms with Crippen LogP contribution in [0.2, 0.25) is 0 Å². The average molecular weight is 286 g/mol. The average Bonchev–Trinajstić information content (AvgIpc) is 3.05. The minimum Gasteiger partial charge on any atom is -0.497 e. The highest BCUT2D eigenvalue weighted by Crippen LogP contribution is 2.40. The fourth-order valence-electron chi connectivity index (χ4n) is 3.41. The van der Waals surface area contributed by atoms with Crippen LogP contribution in [0, 0.1) is 0 Å². The van der Waals surface area contributed by atoms with E-state index in [0.717, 1.165) is 25.1 Å². The van der Waals surface area contributed by atoms with Crippen molar-refractivity contribution in [1.29, 1.82) is 0 Å². The molecule has 0 aliphatic heterocycles. The molecule has 4 heteroatoms. The van der Waals surface area contributed by atoms with E-state index in [-0.39, 0.29) is 5.91 Å². The van der Waals surface area contributed by atoms with Crippen LogP contribution in [0.25, 0.3) is 10.9 Å². The molecule has 0 fully saturated rings. The van der Waals surface area contributed by atoms with Gasteiger partial charge in [-0.15, -0.1) is 0 Å². The maximum absolute atomic E-state index is 11.5. The Balaban J connectivity index is 1.99. The van der Waals surface area contributed by atoms with Gasteiger partial charge >= 0.3 is 0 Å². The number of ether oxygens (including phenoxy) is 1. The molecule has 1 aliphatic carbocycles. The topological polar surface area (TPSA) is 43.3 Å². The Morgan fingerprint density at radius 1 is 1.48 bits per heavy atom. The van der Waals surface area contributed by atoms with E-state index >= 15 is 0 Å². The lowest BCUT2D eigenvalue weighted by Gasteiger charge is -2.12. The number of benzene rings is 1. The summed E-state index contributed by atoms with van der Waals surface area (Å²) in [5.41, 5.74) is 4.03. The van der Waals surface area contributed by atoms with Crippen LogP contribution < -0.4 is 10.1 Å². The third-order valence-electron chi connectivity index (χ3n) is 4.58. The Labute approximate surface area is 125 Å². The van der Waals surface area contributed by atoms with Gasteiger partial charge in [-0.1, -0.05) is 6.92 Å². The zero-order valence-electron chi connectivity index (χ0n) is 12.9. The summed E-state index contributed by atoms with van der Waals surface area (Å²) in [5.74, 6) is 1.42. The first-order valence-corrected chi connectivity index (χ1v) is 7.57. The minimum absolute atomic E-state index is 0.126. The van der Waals surface area contributed by atoms with Gasteiger partial charge in [-0.3, -0.25) is 4.79 Å². The van der Waals surface area contributed by atoms with Gasteiger partial charge in [0.25, 0.3) is 0 Å². The van der Waals surface area contributed by atoms with Gasteiger partial charge in [-0.25, -0.2) is 0 Å². The molecule has 1 amide bonds. The number of nitrogens with zero attached hydrogens (tertiary/aromatic N) is 1. The summed E-state index contributed by atoms with van der Waals surface area (Å²) in [4.78, 5) is 11.5. The van der Waals surface area contributed by atoms with E-state index < -0.39 is 0 Å². The highest BCUT2D eigenvalue weighted by atomic mass is 16.5. The lowest BCUT2D eigenvalue weighted by molar-refractivity contribution is -0.120. The summed E-state index contributed by atoms with van der Waals surface area (Å²) in [6.45, 7) is 2.62. The Bertz CT molecular complexity index is 688. The quantitative estimate of drug-likeness (QED) is 0.939. The number of hydrogen-bond acceptors (Lipinski definition) is 2. The van der Waals surface area contributed by atoms with Gasteiger partial charge in [-0.05, 0) is 36.6 Å². The predicted molar refractivity (Wildman–Crippen MR) is 83.8 cm³/mol. The van der Waals surface area contributed by atoms with Crippen LogP contribution >= 0.6 is 0 Å². The maximum atomic E-state index is 11.5. The predicted octanol–water partition coefficient (Wildman–Crippen LogP) is 2.74. The van der Waals surface area contributed by atoms with Crippen LogP contribution in [0.15, 0.2) is 18.2 Å². The van der Waals surface area contributed by atoms with E-state index in [1.54, 1.807) is 7.11 Å². The van der Waals surface area contributed by atoms with Gasteiger partial charge < -0.3 is 14.6 Å². The second kappa shape index (κ2) is 5.43. The zero-order valence-corrected chi connectivity index (χ0v) is 12.9. The van der Waals surface area contributed by atoms with Crippen molar-refractivity contribution in [1.82, 2.24) is 9.88 Å². The second-order valence-electron chi connectivity index (χ2n) is 5.70. The van der Waals surface area contributed by atoms with Gasteiger partial charge in [0.2, 0.25) is 5.91 Å². The van der Waals surface area contributed by atoms with Crippen molar-refractivity contribution in [2.75, 3.05) is 13.7 Å². The van der Waals surface area contributed by atoms with Crippen molar-refractivity contribution in [2.24, 2.45) is 7.05 Å². The molecule has 1 aromatic heterocycles. The van der Waals surface area contributed by atoms with Gasteiger partial charge in [0.15, 0.2) is 0 Å². The molecule has 112 valence electrons. The lowest BCUT2D eigenvalue weighted by atomic mass is 10.00. The molecule has 0 spiro atoms. The highest BCUT2D eigenvalue weighted by molar-refractivity contribution is 5.88. The highest BCUT2D eigenvalue weighted by Gasteiger charge is 2.29. The van der Waals surface area contributed by atoms with Gasteiger partial charge in [0.1, 0.15) is 5.75 Å². The van der Waals surface area contributed by atoms with Gasteiger partial charge in [-0.2, -0.15) is 0 Å². The Kier molecular flexibility index (Phi) is 3.62. The van der Waals surface area contributed by atoms with E-state index in [0.29, 0.717) is 12.3 Å². The normalized spacial score (nSPS) is 17.0. The third-order valence-corrected chi connectivity index (χ3v) is 4.58. The molecular formula is C17H22N2O2. The first-order valence-electron chi connectivity index (χ1n) is 7.57. The molecule has 0 saturated heterocycles. The molecule has 0 radical (unpaired) electrons. The Hall–Kier alpha value is -1.97. The summed E-state index contributed by atoms with van der Waals surface area (Å²) in [7, 11) is 3.82. The number of rotatable bonds is 4. The Morgan fingerprint density at radius 3 is 3.00 bits per heavy atom. The lowest BCUT2D eigenvalue weighted by Crippen LogP contribution is -2.26. The Morgan fingerprint density at radius 2 is 2.29 bits per heavy atom. The first kappa shape index (κ1) is 14.0. The van der Waals surface area contributed by atoms with Crippen LogP contribution in [-0.2, 0) is 18.3 Å². The SMILES string of the molecule is CCC(=O)NC[C@H]1CCc2c1c1cc(OC)ccc1n2C. The fraction of sp³-hybridized carbons (Fsp3) is 0.471. The number of carbonyl (C=O) groups excluding carboxylic acids is 1. The molecule has 0 unspecified atom stereocenters. The van der Waals surface area contributed by atoms with Crippen LogP contribution in [0.3, 0.4) is 0 Å². The minimum atomic E-state index is 0.126. The van der Waals surface area contributed by atoms with Crippen molar-refractivity contribution in [3.63, 3.8) is 0 Å². The van der Waals surface area contributed by atoms with E-state index in [9.17, 15) is 4.79 Å². The molecule has 3 rings (SSSR count). The molecule has 21 heavy (non-hydrogen) atoms. The largest absolute Gasteiger partial charge is 0.497 e. The molecule has 1 heterocycles. The van der Waals surface area contributed by atoms with Gasteiger partial charge in [0, 0.05) is 42.5 Å². The summed E-state index contributed by atoms with van der Waals surface area (Å²) < 4.78 is 7.65. The summed E-state index contributed by atoms with van der Waals surface area (Å²) in [6, 6.07) is 6.24. The first-order chi connectivity index (χ1) is 10.2. The van der Waals surface area contributed by atoms with Crippen molar-refractivity contribution >= 4 is 16.8 Å². The summed E-state index contributed by atoms with van der Waals surface area (Å²) >= 11 is 0. The van der Waals surface area contributed by atoms with Crippen molar-refractivity contribution < 1.29 is 9.53 Å². The molecule has 1 aliphatic rings.